The van der Waals surface area contributed by atoms with Gasteiger partial charge in [0.15, 0.2) is 6.29 Å². The molecule has 0 aromatic heterocycles. The first-order chi connectivity index (χ1) is 7.67. The maximum Gasteiger partial charge on any atom is 0.225 e. The molecule has 1 aromatic carbocycles. The van der Waals surface area contributed by atoms with Crippen molar-refractivity contribution in [2.24, 2.45) is 5.73 Å². The Labute approximate surface area is 95.6 Å². The molecule has 0 aliphatic carbocycles. The van der Waals surface area contributed by atoms with Crippen LogP contribution in [0.3, 0.4) is 0 Å². The van der Waals surface area contributed by atoms with Gasteiger partial charge in [0.25, 0.3) is 0 Å². The fraction of sp³-hybridized carbons (Fsp3) is 0.385. The van der Waals surface area contributed by atoms with Gasteiger partial charge in [0, 0.05) is 12.1 Å². The first kappa shape index (κ1) is 12.6. The van der Waals surface area contributed by atoms with E-state index < -0.39 is 5.78 Å². The van der Waals surface area contributed by atoms with E-state index in [2.05, 4.69) is 0 Å². The first-order valence-electron chi connectivity index (χ1n) is 5.52. The van der Waals surface area contributed by atoms with Gasteiger partial charge in [-0.25, -0.2) is 0 Å². The first-order valence-corrected chi connectivity index (χ1v) is 5.52. The predicted octanol–water partition coefficient (Wildman–Crippen LogP) is 1.65. The topological polar surface area (TPSA) is 60.2 Å². The van der Waals surface area contributed by atoms with Crippen molar-refractivity contribution < 1.29 is 9.59 Å². The van der Waals surface area contributed by atoms with Gasteiger partial charge in [0.2, 0.25) is 5.78 Å². The zero-order valence-corrected chi connectivity index (χ0v) is 9.75. The molecule has 0 fully saturated rings. The largest absolute Gasteiger partial charge is 0.326 e. The Kier molecular flexibility index (Phi) is 4.38. The average molecular weight is 219 g/mol. The lowest BCUT2D eigenvalue weighted by atomic mass is 9.92. The fourth-order valence-corrected chi connectivity index (χ4v) is 1.89. The van der Waals surface area contributed by atoms with Crippen molar-refractivity contribution in [2.45, 2.75) is 33.2 Å². The monoisotopic (exact) mass is 219 g/mol. The zero-order chi connectivity index (χ0) is 12.1. The minimum atomic E-state index is -0.433. The van der Waals surface area contributed by atoms with Crippen LogP contribution in [0.5, 0.6) is 0 Å². The second-order valence-corrected chi connectivity index (χ2v) is 3.68. The molecule has 0 saturated heterocycles. The zero-order valence-electron chi connectivity index (χ0n) is 9.75. The van der Waals surface area contributed by atoms with Gasteiger partial charge in [-0.2, -0.15) is 0 Å². The maximum absolute atomic E-state index is 11.6. The highest BCUT2D eigenvalue weighted by atomic mass is 16.2. The third-order valence-electron chi connectivity index (χ3n) is 2.71. The highest BCUT2D eigenvalue weighted by molar-refractivity contribution is 6.34. The molecule has 86 valence electrons. The molecule has 16 heavy (non-hydrogen) atoms. The third-order valence-corrected chi connectivity index (χ3v) is 2.71. The number of hydrogen-bond donors (Lipinski definition) is 1. The summed E-state index contributed by atoms with van der Waals surface area (Å²) in [5.41, 5.74) is 9.01. The Morgan fingerprint density at radius 1 is 1.25 bits per heavy atom. The molecule has 0 unspecified atom stereocenters. The number of aldehydes is 1. The molecule has 0 atom stereocenters. The molecule has 0 radical (unpaired) electrons. The number of aryl methyl sites for hydroxylation is 2. The molecule has 0 saturated carbocycles. The van der Waals surface area contributed by atoms with Crippen molar-refractivity contribution in [3.05, 3.63) is 34.4 Å². The van der Waals surface area contributed by atoms with Crippen LogP contribution >= 0.6 is 0 Å². The van der Waals surface area contributed by atoms with E-state index in [9.17, 15) is 9.59 Å². The lowest BCUT2D eigenvalue weighted by molar-refractivity contribution is -0.104. The molecule has 1 rings (SSSR count). The van der Waals surface area contributed by atoms with Crippen molar-refractivity contribution in [2.75, 3.05) is 0 Å². The summed E-state index contributed by atoms with van der Waals surface area (Å²) < 4.78 is 0. The second-order valence-electron chi connectivity index (χ2n) is 3.68. The van der Waals surface area contributed by atoms with E-state index in [0.717, 1.165) is 29.5 Å². The molecule has 0 aliphatic heterocycles. The molecule has 0 bridgehead atoms. The number of carbonyl (C=O) groups is 2. The lowest BCUT2D eigenvalue weighted by Gasteiger charge is -2.12. The van der Waals surface area contributed by atoms with Crippen molar-refractivity contribution in [3.8, 4) is 0 Å². The Hall–Kier alpha value is -1.48. The normalized spacial score (nSPS) is 10.2. The predicted molar refractivity (Wildman–Crippen MR) is 63.5 cm³/mol. The fourth-order valence-electron chi connectivity index (χ4n) is 1.89. The summed E-state index contributed by atoms with van der Waals surface area (Å²) in [4.78, 5) is 22.2. The quantitative estimate of drug-likeness (QED) is 0.465. The smallest absolute Gasteiger partial charge is 0.225 e. The SMILES string of the molecule is CCc1cc(CN)cc(CC)c1C(=O)C=O. The lowest BCUT2D eigenvalue weighted by Crippen LogP contribution is -2.11. The summed E-state index contributed by atoms with van der Waals surface area (Å²) in [5, 5.41) is 0. The summed E-state index contributed by atoms with van der Waals surface area (Å²) in [7, 11) is 0. The number of nitrogens with two attached hydrogens (primary N) is 1. The number of benzene rings is 1. The number of ketones is 1. The third kappa shape index (κ3) is 2.36. The van der Waals surface area contributed by atoms with E-state index in [4.69, 9.17) is 5.73 Å². The van der Waals surface area contributed by atoms with Crippen LogP contribution in [-0.2, 0) is 24.2 Å². The van der Waals surface area contributed by atoms with Gasteiger partial charge in [-0.1, -0.05) is 26.0 Å². The average Bonchev–Trinajstić information content (AvgIpc) is 2.35. The van der Waals surface area contributed by atoms with Gasteiger partial charge in [-0.05, 0) is 29.5 Å². The van der Waals surface area contributed by atoms with Gasteiger partial charge < -0.3 is 5.73 Å². The van der Waals surface area contributed by atoms with Crippen molar-refractivity contribution >= 4 is 12.1 Å². The van der Waals surface area contributed by atoms with Gasteiger partial charge in [0.05, 0.1) is 0 Å². The Balaban J connectivity index is 3.42. The van der Waals surface area contributed by atoms with Crippen LogP contribution in [-0.4, -0.2) is 12.1 Å². The summed E-state index contributed by atoms with van der Waals surface area (Å²) in [6.45, 7) is 4.39. The molecule has 0 heterocycles. The molecule has 3 heteroatoms. The minimum absolute atomic E-state index is 0.385. The van der Waals surface area contributed by atoms with Gasteiger partial charge >= 0.3 is 0 Å². The highest BCUT2D eigenvalue weighted by Gasteiger charge is 2.14. The second kappa shape index (κ2) is 5.56. The van der Waals surface area contributed by atoms with Crippen LogP contribution in [0, 0.1) is 0 Å². The summed E-state index contributed by atoms with van der Waals surface area (Å²) in [6.07, 6.45) is 1.85. The summed E-state index contributed by atoms with van der Waals surface area (Å²) in [6, 6.07) is 3.83. The maximum atomic E-state index is 11.6. The summed E-state index contributed by atoms with van der Waals surface area (Å²) in [5.74, 6) is -0.433. The molecule has 0 aliphatic rings. The molecule has 2 N–H and O–H groups in total. The number of Topliss-reactive ketones (excluding diaryl/α,β-unsaturated/α-hetero) is 1. The van der Waals surface area contributed by atoms with Crippen molar-refractivity contribution in [1.29, 1.82) is 0 Å². The van der Waals surface area contributed by atoms with Crippen LogP contribution in [0.4, 0.5) is 0 Å². The Bertz CT molecular complexity index is 385. The van der Waals surface area contributed by atoms with Gasteiger partial charge in [0.1, 0.15) is 0 Å². The van der Waals surface area contributed by atoms with E-state index >= 15 is 0 Å². The summed E-state index contributed by atoms with van der Waals surface area (Å²) >= 11 is 0. The van der Waals surface area contributed by atoms with E-state index in [1.54, 1.807) is 0 Å². The molecule has 3 nitrogen and oxygen atoms in total. The Morgan fingerprint density at radius 2 is 1.75 bits per heavy atom. The van der Waals surface area contributed by atoms with Crippen LogP contribution in [0.1, 0.15) is 40.9 Å². The van der Waals surface area contributed by atoms with Crippen LogP contribution in [0.25, 0.3) is 0 Å². The molecule has 1 aromatic rings. The van der Waals surface area contributed by atoms with E-state index in [1.807, 2.05) is 26.0 Å². The van der Waals surface area contributed by atoms with Crippen LogP contribution < -0.4 is 5.73 Å². The molecular formula is C13H17NO2. The molecule has 0 amide bonds. The van der Waals surface area contributed by atoms with E-state index in [0.29, 0.717) is 18.4 Å². The van der Waals surface area contributed by atoms with E-state index in [-0.39, 0.29) is 0 Å². The number of rotatable bonds is 5. The van der Waals surface area contributed by atoms with Crippen LogP contribution in [0.2, 0.25) is 0 Å². The number of hydrogen-bond acceptors (Lipinski definition) is 3. The van der Waals surface area contributed by atoms with Crippen LogP contribution in [0.15, 0.2) is 12.1 Å². The highest BCUT2D eigenvalue weighted by Crippen LogP contribution is 2.19. The van der Waals surface area contributed by atoms with Crippen molar-refractivity contribution in [1.82, 2.24) is 0 Å². The van der Waals surface area contributed by atoms with Gasteiger partial charge in [-0.3, -0.25) is 9.59 Å². The standard InChI is InChI=1S/C13H17NO2/c1-3-10-5-9(7-14)6-11(4-2)13(10)12(16)8-15/h5-6,8H,3-4,7,14H2,1-2H3. The van der Waals surface area contributed by atoms with Gasteiger partial charge in [-0.15, -0.1) is 0 Å². The minimum Gasteiger partial charge on any atom is -0.326 e. The number of carbonyl (C=O) groups excluding carboxylic acids is 2. The Morgan fingerprint density at radius 3 is 2.06 bits per heavy atom. The molecule has 0 spiro atoms. The van der Waals surface area contributed by atoms with E-state index in [1.165, 1.54) is 0 Å². The van der Waals surface area contributed by atoms with Crippen molar-refractivity contribution in [3.63, 3.8) is 0 Å². The molecular weight excluding hydrogens is 202 g/mol.